The topological polar surface area (TPSA) is 82.1 Å². The van der Waals surface area contributed by atoms with E-state index in [1.165, 1.54) is 57.8 Å². The van der Waals surface area contributed by atoms with Crippen molar-refractivity contribution < 1.29 is 26.6 Å². The van der Waals surface area contributed by atoms with Crippen LogP contribution in [-0.2, 0) is 23.5 Å². The summed E-state index contributed by atoms with van der Waals surface area (Å²) in [6, 6.07) is 0. The second-order valence-corrected chi connectivity index (χ2v) is 8.39. The van der Waals surface area contributed by atoms with Crippen molar-refractivity contribution in [3.05, 3.63) is 0 Å². The van der Waals surface area contributed by atoms with Crippen molar-refractivity contribution in [1.82, 2.24) is 0 Å². The predicted octanol–water partition coefficient (Wildman–Crippen LogP) is 4.81. The highest BCUT2D eigenvalue weighted by Gasteiger charge is 2.57. The van der Waals surface area contributed by atoms with Crippen LogP contribution in [0.4, 0.5) is 0 Å². The molecule has 1 fully saturated rings. The summed E-state index contributed by atoms with van der Waals surface area (Å²) >= 11 is 0. The molecule has 0 spiro atoms. The first-order valence-electron chi connectivity index (χ1n) is 10.4. The highest BCUT2D eigenvalue weighted by molar-refractivity contribution is 7.82. The molecule has 6 nitrogen and oxygen atoms in total. The fourth-order valence-electron chi connectivity index (χ4n) is 3.21. The molecule has 0 amide bonds. The van der Waals surface area contributed by atoms with Crippen molar-refractivity contribution in [2.45, 2.75) is 116 Å². The minimum atomic E-state index is -4.04. The molecule has 1 unspecified atom stereocenters. The Kier molecular flexibility index (Phi) is 12.0. The molecule has 1 N–H and O–H groups in total. The first-order valence-corrected chi connectivity index (χ1v) is 11.8. The zero-order valence-corrected chi connectivity index (χ0v) is 17.4. The van der Waals surface area contributed by atoms with Crippen molar-refractivity contribution >= 4 is 10.4 Å². The summed E-state index contributed by atoms with van der Waals surface area (Å²) < 4.78 is 36.5. The molecular weight excluding hydrogens is 356 g/mol. The van der Waals surface area contributed by atoms with Crippen LogP contribution in [-0.4, -0.2) is 32.2 Å². The van der Waals surface area contributed by atoms with Crippen molar-refractivity contribution in [2.75, 3.05) is 6.61 Å². The third kappa shape index (κ3) is 9.65. The van der Waals surface area contributed by atoms with Gasteiger partial charge in [-0.15, -0.1) is 0 Å². The molecule has 1 saturated heterocycles. The average molecular weight is 395 g/mol. The largest absolute Gasteiger partial charge is 0.409 e. The van der Waals surface area contributed by atoms with Gasteiger partial charge in [0.1, 0.15) is 6.10 Å². The quantitative estimate of drug-likeness (QED) is 0.357. The van der Waals surface area contributed by atoms with Crippen LogP contribution in [0, 0.1) is 0 Å². The third-order valence-electron chi connectivity index (χ3n) is 4.69. The lowest BCUT2D eigenvalue weighted by Gasteiger charge is -2.39. The molecule has 0 bridgehead atoms. The fraction of sp³-hybridized carbons (Fsp3) is 1.00. The van der Waals surface area contributed by atoms with Gasteiger partial charge >= 0.3 is 16.4 Å². The van der Waals surface area contributed by atoms with Crippen LogP contribution in [0.5, 0.6) is 0 Å². The lowest BCUT2D eigenvalue weighted by atomic mass is 10.0. The first-order chi connectivity index (χ1) is 12.4. The summed E-state index contributed by atoms with van der Waals surface area (Å²) in [5.74, 6) is -2.15. The zero-order valence-electron chi connectivity index (χ0n) is 16.6. The molecular formula is C19H38O6S. The van der Waals surface area contributed by atoms with Crippen molar-refractivity contribution in [3.63, 3.8) is 0 Å². The maximum absolute atomic E-state index is 11.0. The number of ether oxygens (including phenoxy) is 1. The second-order valence-electron chi connectivity index (χ2n) is 7.24. The molecule has 26 heavy (non-hydrogen) atoms. The van der Waals surface area contributed by atoms with Crippen LogP contribution in [0.2, 0.25) is 0 Å². The molecule has 1 heterocycles. The van der Waals surface area contributed by atoms with Gasteiger partial charge < -0.3 is 9.84 Å². The van der Waals surface area contributed by atoms with Crippen LogP contribution in [0.15, 0.2) is 0 Å². The van der Waals surface area contributed by atoms with Gasteiger partial charge in [-0.3, -0.25) is 0 Å². The monoisotopic (exact) mass is 394 g/mol. The standard InChI is InChI=1S/C19H38O6S/c1-3-5-6-7-8-9-10-11-12-13-14-15-16-18(23-17-4-2)19(20)24-26(21,22)25-19/h18,20H,3-17H2,1-2H3. The molecule has 156 valence electrons. The van der Waals surface area contributed by atoms with Gasteiger partial charge in [-0.25, -0.2) is 0 Å². The Morgan fingerprint density at radius 1 is 0.808 bits per heavy atom. The Bertz CT molecular complexity index is 439. The minimum absolute atomic E-state index is 0.429. The summed E-state index contributed by atoms with van der Waals surface area (Å²) in [6.07, 6.45) is 15.5. The van der Waals surface area contributed by atoms with E-state index in [0.717, 1.165) is 25.7 Å². The molecule has 0 saturated carbocycles. The molecule has 1 rings (SSSR count). The van der Waals surface area contributed by atoms with Gasteiger partial charge in [0.15, 0.2) is 0 Å². The van der Waals surface area contributed by atoms with E-state index in [1.807, 2.05) is 6.92 Å². The molecule has 0 aromatic carbocycles. The zero-order chi connectivity index (χ0) is 19.3. The summed E-state index contributed by atoms with van der Waals surface area (Å²) in [4.78, 5) is 0. The summed E-state index contributed by atoms with van der Waals surface area (Å²) in [7, 11) is -4.04. The van der Waals surface area contributed by atoms with Crippen LogP contribution < -0.4 is 0 Å². The van der Waals surface area contributed by atoms with E-state index in [9.17, 15) is 13.5 Å². The average Bonchev–Trinajstić information content (AvgIpc) is 2.56. The smallest absolute Gasteiger partial charge is 0.370 e. The van der Waals surface area contributed by atoms with Gasteiger partial charge in [0.2, 0.25) is 0 Å². The maximum Gasteiger partial charge on any atom is 0.409 e. The van der Waals surface area contributed by atoms with Gasteiger partial charge in [-0.2, -0.15) is 16.8 Å². The maximum atomic E-state index is 11.0. The lowest BCUT2D eigenvalue weighted by Crippen LogP contribution is -2.59. The van der Waals surface area contributed by atoms with E-state index < -0.39 is 22.5 Å². The Hall–Kier alpha value is -0.210. The molecule has 7 heteroatoms. The van der Waals surface area contributed by atoms with Crippen LogP contribution in [0.1, 0.15) is 104 Å². The molecule has 0 aromatic heterocycles. The third-order valence-corrected chi connectivity index (χ3v) is 5.58. The van der Waals surface area contributed by atoms with E-state index in [0.29, 0.717) is 13.0 Å². The van der Waals surface area contributed by atoms with Crippen LogP contribution in [0.3, 0.4) is 0 Å². The van der Waals surface area contributed by atoms with E-state index in [1.54, 1.807) is 0 Å². The Morgan fingerprint density at radius 2 is 1.27 bits per heavy atom. The van der Waals surface area contributed by atoms with E-state index in [4.69, 9.17) is 4.74 Å². The molecule has 0 aromatic rings. The normalized spacial score (nSPS) is 19.2. The molecule has 1 aliphatic rings. The number of hydrogen-bond acceptors (Lipinski definition) is 6. The molecule has 1 aliphatic heterocycles. The molecule has 1 atom stereocenters. The Balaban J connectivity index is 2.05. The van der Waals surface area contributed by atoms with Gasteiger partial charge in [-0.1, -0.05) is 90.9 Å². The number of aliphatic hydroxyl groups is 1. The highest BCUT2D eigenvalue weighted by atomic mass is 32.3. The molecule has 0 aliphatic carbocycles. The summed E-state index contributed by atoms with van der Waals surface area (Å²) in [5, 5.41) is 10.1. The molecule has 0 radical (unpaired) electrons. The van der Waals surface area contributed by atoms with Gasteiger partial charge in [0.05, 0.1) is 0 Å². The SMILES string of the molecule is CCCCCCCCCCCCCCC(OCCC)C1(O)OS(=O)(=O)O1. The second kappa shape index (κ2) is 13.0. The Labute approximate surface area is 159 Å². The van der Waals surface area contributed by atoms with Crippen LogP contribution in [0.25, 0.3) is 0 Å². The van der Waals surface area contributed by atoms with Gasteiger partial charge in [0.25, 0.3) is 0 Å². The van der Waals surface area contributed by atoms with E-state index >= 15 is 0 Å². The number of hydrogen-bond donors (Lipinski definition) is 1. The van der Waals surface area contributed by atoms with Crippen molar-refractivity contribution in [1.29, 1.82) is 0 Å². The minimum Gasteiger partial charge on any atom is -0.370 e. The first kappa shape index (κ1) is 23.8. The summed E-state index contributed by atoms with van der Waals surface area (Å²) in [6.45, 7) is 4.62. The number of rotatable bonds is 17. The van der Waals surface area contributed by atoms with Gasteiger partial charge in [0, 0.05) is 6.61 Å². The number of unbranched alkanes of at least 4 members (excludes halogenated alkanes) is 11. The highest BCUT2D eigenvalue weighted by Crippen LogP contribution is 2.35. The fourth-order valence-corrected chi connectivity index (χ4v) is 4.02. The lowest BCUT2D eigenvalue weighted by molar-refractivity contribution is -0.373. The van der Waals surface area contributed by atoms with Crippen LogP contribution >= 0.6 is 0 Å². The Morgan fingerprint density at radius 3 is 1.69 bits per heavy atom. The van der Waals surface area contributed by atoms with Gasteiger partial charge in [-0.05, 0) is 12.8 Å². The predicted molar refractivity (Wildman–Crippen MR) is 102 cm³/mol. The van der Waals surface area contributed by atoms with Crippen molar-refractivity contribution in [3.8, 4) is 0 Å². The summed E-state index contributed by atoms with van der Waals surface area (Å²) in [5.41, 5.74) is 0. The van der Waals surface area contributed by atoms with Crippen molar-refractivity contribution in [2.24, 2.45) is 0 Å². The van der Waals surface area contributed by atoms with E-state index in [-0.39, 0.29) is 0 Å². The van der Waals surface area contributed by atoms with E-state index in [2.05, 4.69) is 15.3 Å².